The number of aliphatic hydroxyl groups is 1. The molecule has 1 aliphatic rings. The lowest BCUT2D eigenvalue weighted by atomic mass is 10.0. The largest absolute Gasteiger partial charge is 0.497 e. The van der Waals surface area contributed by atoms with Crippen LogP contribution in [0.1, 0.15) is 23.2 Å². The van der Waals surface area contributed by atoms with Crippen molar-refractivity contribution in [3.63, 3.8) is 0 Å². The number of ether oxygens (including phenoxy) is 1. The van der Waals surface area contributed by atoms with E-state index in [0.717, 1.165) is 43.2 Å². The monoisotopic (exact) mass is 298 g/mol. The summed E-state index contributed by atoms with van der Waals surface area (Å²) in [5.74, 6) is 1.96. The quantitative estimate of drug-likeness (QED) is 0.921. The molecule has 2 heterocycles. The molecule has 0 amide bonds. The summed E-state index contributed by atoms with van der Waals surface area (Å²) in [6.07, 6.45) is 2.86. The van der Waals surface area contributed by atoms with Crippen LogP contribution in [-0.4, -0.2) is 30.4 Å². The molecule has 4 nitrogen and oxygen atoms in total. The molecule has 116 valence electrons. The molecular formula is C18H22N2O2. The van der Waals surface area contributed by atoms with Gasteiger partial charge in [0.2, 0.25) is 0 Å². The van der Waals surface area contributed by atoms with Gasteiger partial charge < -0.3 is 14.7 Å². The Kier molecular flexibility index (Phi) is 4.59. The second kappa shape index (κ2) is 6.79. The minimum Gasteiger partial charge on any atom is -0.497 e. The van der Waals surface area contributed by atoms with E-state index in [9.17, 15) is 0 Å². The zero-order valence-electron chi connectivity index (χ0n) is 13.0. The summed E-state index contributed by atoms with van der Waals surface area (Å²) in [4.78, 5) is 7.09. The summed E-state index contributed by atoms with van der Waals surface area (Å²) in [5, 5.41) is 9.11. The zero-order valence-corrected chi connectivity index (χ0v) is 13.0. The first-order chi connectivity index (χ1) is 10.8. The van der Waals surface area contributed by atoms with Crippen LogP contribution in [-0.2, 0) is 19.4 Å². The van der Waals surface area contributed by atoms with Gasteiger partial charge in [-0.3, -0.25) is 0 Å². The first-order valence-corrected chi connectivity index (χ1v) is 7.77. The van der Waals surface area contributed by atoms with Crippen LogP contribution in [0.25, 0.3) is 0 Å². The summed E-state index contributed by atoms with van der Waals surface area (Å²) in [5.41, 5.74) is 3.52. The smallest absolute Gasteiger partial charge is 0.132 e. The summed E-state index contributed by atoms with van der Waals surface area (Å²) in [7, 11) is 1.68. The summed E-state index contributed by atoms with van der Waals surface area (Å²) in [6.45, 7) is 2.02. The van der Waals surface area contributed by atoms with Crippen LogP contribution < -0.4 is 9.64 Å². The first kappa shape index (κ1) is 14.9. The molecule has 1 N–H and O–H groups in total. The van der Waals surface area contributed by atoms with Crippen molar-refractivity contribution in [1.29, 1.82) is 0 Å². The molecule has 22 heavy (non-hydrogen) atoms. The molecule has 0 atom stereocenters. The third-order valence-corrected chi connectivity index (χ3v) is 4.09. The molecule has 0 bridgehead atoms. The Labute approximate surface area is 131 Å². The van der Waals surface area contributed by atoms with E-state index in [1.807, 2.05) is 18.2 Å². The van der Waals surface area contributed by atoms with Crippen LogP contribution >= 0.6 is 0 Å². The van der Waals surface area contributed by atoms with E-state index in [4.69, 9.17) is 14.8 Å². The number of fused-ring (bicyclic) bond motifs is 1. The van der Waals surface area contributed by atoms with Gasteiger partial charge in [0.25, 0.3) is 0 Å². The van der Waals surface area contributed by atoms with E-state index < -0.39 is 0 Å². The van der Waals surface area contributed by atoms with Crippen LogP contribution in [0.15, 0.2) is 36.4 Å². The highest BCUT2D eigenvalue weighted by Crippen LogP contribution is 2.27. The average molecular weight is 298 g/mol. The molecule has 4 heteroatoms. The van der Waals surface area contributed by atoms with Gasteiger partial charge in [0.15, 0.2) is 0 Å². The lowest BCUT2D eigenvalue weighted by Crippen LogP contribution is -2.30. The predicted molar refractivity (Wildman–Crippen MR) is 87.4 cm³/mol. The second-order valence-electron chi connectivity index (χ2n) is 5.63. The van der Waals surface area contributed by atoms with Gasteiger partial charge in [-0.2, -0.15) is 0 Å². The third kappa shape index (κ3) is 3.22. The number of anilines is 1. The van der Waals surface area contributed by atoms with E-state index in [0.29, 0.717) is 6.42 Å². The Morgan fingerprint density at radius 1 is 1.18 bits per heavy atom. The van der Waals surface area contributed by atoms with Crippen molar-refractivity contribution in [3.05, 3.63) is 53.2 Å². The molecule has 0 radical (unpaired) electrons. The Bertz CT molecular complexity index is 625. The molecule has 0 saturated carbocycles. The van der Waals surface area contributed by atoms with Crippen LogP contribution in [0, 0.1) is 0 Å². The number of hydrogen-bond donors (Lipinski definition) is 1. The van der Waals surface area contributed by atoms with Crippen molar-refractivity contribution in [1.82, 2.24) is 4.98 Å². The number of aromatic nitrogens is 1. The fourth-order valence-corrected chi connectivity index (χ4v) is 2.91. The fraction of sp³-hybridized carbons (Fsp3) is 0.389. The maximum absolute atomic E-state index is 9.11. The SMILES string of the molecule is COc1ccc(CN2CCCc3ccc(CCO)nc32)cc1. The van der Waals surface area contributed by atoms with E-state index in [1.54, 1.807) is 7.11 Å². The fourth-order valence-electron chi connectivity index (χ4n) is 2.91. The molecule has 1 aliphatic heterocycles. The minimum absolute atomic E-state index is 0.143. The molecule has 1 aromatic carbocycles. The number of aliphatic hydroxyl groups excluding tert-OH is 1. The standard InChI is InChI=1S/C18H22N2O2/c1-22-17-8-4-14(5-9-17)13-20-11-2-3-15-6-7-16(10-12-21)19-18(15)20/h4-9,21H,2-3,10-13H2,1H3. The molecule has 0 saturated heterocycles. The number of methoxy groups -OCH3 is 1. The van der Waals surface area contributed by atoms with E-state index in [-0.39, 0.29) is 6.61 Å². The van der Waals surface area contributed by atoms with E-state index in [1.165, 1.54) is 11.1 Å². The Hall–Kier alpha value is -2.07. The van der Waals surface area contributed by atoms with Gasteiger partial charge in [0.05, 0.1) is 7.11 Å². The van der Waals surface area contributed by atoms with Gasteiger partial charge in [-0.05, 0) is 42.2 Å². The first-order valence-electron chi connectivity index (χ1n) is 7.77. The van der Waals surface area contributed by atoms with E-state index >= 15 is 0 Å². The second-order valence-corrected chi connectivity index (χ2v) is 5.63. The van der Waals surface area contributed by atoms with Crippen LogP contribution in [0.5, 0.6) is 5.75 Å². The number of benzene rings is 1. The molecular weight excluding hydrogens is 276 g/mol. The average Bonchev–Trinajstić information content (AvgIpc) is 2.56. The van der Waals surface area contributed by atoms with Gasteiger partial charge in [-0.1, -0.05) is 18.2 Å². The number of pyridine rings is 1. The van der Waals surface area contributed by atoms with Gasteiger partial charge in [0, 0.05) is 31.8 Å². The highest BCUT2D eigenvalue weighted by Gasteiger charge is 2.19. The Balaban J connectivity index is 1.81. The summed E-state index contributed by atoms with van der Waals surface area (Å²) < 4.78 is 5.21. The lowest BCUT2D eigenvalue weighted by molar-refractivity contribution is 0.298. The van der Waals surface area contributed by atoms with Crippen LogP contribution in [0.3, 0.4) is 0 Å². The minimum atomic E-state index is 0.143. The molecule has 0 spiro atoms. The van der Waals surface area contributed by atoms with Gasteiger partial charge in [-0.15, -0.1) is 0 Å². The molecule has 0 aliphatic carbocycles. The van der Waals surface area contributed by atoms with Crippen LogP contribution in [0.2, 0.25) is 0 Å². The van der Waals surface area contributed by atoms with E-state index in [2.05, 4.69) is 23.1 Å². The summed E-state index contributed by atoms with van der Waals surface area (Å²) in [6, 6.07) is 12.4. The molecule has 1 aromatic heterocycles. The number of aryl methyl sites for hydroxylation is 1. The molecule has 3 rings (SSSR count). The van der Waals surface area contributed by atoms with Crippen molar-refractivity contribution >= 4 is 5.82 Å². The Morgan fingerprint density at radius 3 is 2.73 bits per heavy atom. The maximum atomic E-state index is 9.11. The van der Waals surface area contributed by atoms with Gasteiger partial charge in [-0.25, -0.2) is 4.98 Å². The van der Waals surface area contributed by atoms with Gasteiger partial charge in [0.1, 0.15) is 11.6 Å². The van der Waals surface area contributed by atoms with Crippen molar-refractivity contribution in [2.24, 2.45) is 0 Å². The van der Waals surface area contributed by atoms with Crippen molar-refractivity contribution in [2.45, 2.75) is 25.8 Å². The highest BCUT2D eigenvalue weighted by molar-refractivity contribution is 5.50. The lowest BCUT2D eigenvalue weighted by Gasteiger charge is -2.30. The number of nitrogens with zero attached hydrogens (tertiary/aromatic N) is 2. The van der Waals surface area contributed by atoms with Crippen molar-refractivity contribution in [3.8, 4) is 5.75 Å². The normalized spacial score (nSPS) is 13.8. The van der Waals surface area contributed by atoms with Crippen molar-refractivity contribution < 1.29 is 9.84 Å². The van der Waals surface area contributed by atoms with Gasteiger partial charge >= 0.3 is 0 Å². The predicted octanol–water partition coefficient (Wildman–Crippen LogP) is 2.58. The Morgan fingerprint density at radius 2 is 2.00 bits per heavy atom. The number of rotatable bonds is 5. The molecule has 0 unspecified atom stereocenters. The summed E-state index contributed by atoms with van der Waals surface area (Å²) >= 11 is 0. The molecule has 0 fully saturated rings. The van der Waals surface area contributed by atoms with Crippen LogP contribution in [0.4, 0.5) is 5.82 Å². The maximum Gasteiger partial charge on any atom is 0.132 e. The topological polar surface area (TPSA) is 45.6 Å². The zero-order chi connectivity index (χ0) is 15.4. The number of hydrogen-bond acceptors (Lipinski definition) is 4. The third-order valence-electron chi connectivity index (χ3n) is 4.09. The van der Waals surface area contributed by atoms with Crippen molar-refractivity contribution in [2.75, 3.05) is 25.2 Å². The highest BCUT2D eigenvalue weighted by atomic mass is 16.5. The molecule has 2 aromatic rings.